The highest BCUT2D eigenvalue weighted by molar-refractivity contribution is 6.30. The SMILES string of the molecule is O=C(CC1(NC(=O)c2ccc(-n3ccccc3=O)cc2)CCOCC1)Nc1ccc(Cl)cc1. The molecule has 2 aromatic carbocycles. The molecule has 4 rings (SSSR count). The van der Waals surface area contributed by atoms with Gasteiger partial charge in [-0.1, -0.05) is 17.7 Å². The molecule has 3 aromatic rings. The van der Waals surface area contributed by atoms with Crippen LogP contribution in [0.15, 0.2) is 77.7 Å². The minimum atomic E-state index is -0.707. The second-order valence-electron chi connectivity index (χ2n) is 8.03. The molecule has 33 heavy (non-hydrogen) atoms. The number of amides is 2. The number of nitrogens with zero attached hydrogens (tertiary/aromatic N) is 1. The largest absolute Gasteiger partial charge is 0.381 e. The maximum atomic E-state index is 13.0. The molecule has 1 saturated heterocycles. The molecule has 0 spiro atoms. The lowest BCUT2D eigenvalue weighted by atomic mass is 9.85. The first-order valence-corrected chi connectivity index (χ1v) is 11.1. The van der Waals surface area contributed by atoms with Gasteiger partial charge < -0.3 is 15.4 Å². The minimum absolute atomic E-state index is 0.127. The van der Waals surface area contributed by atoms with Gasteiger partial charge in [0.2, 0.25) is 5.91 Å². The predicted octanol–water partition coefficient (Wildman–Crippen LogP) is 3.80. The van der Waals surface area contributed by atoms with E-state index in [-0.39, 0.29) is 23.8 Å². The molecule has 7 nitrogen and oxygen atoms in total. The topological polar surface area (TPSA) is 89.4 Å². The smallest absolute Gasteiger partial charge is 0.255 e. The second-order valence-corrected chi connectivity index (χ2v) is 8.47. The van der Waals surface area contributed by atoms with E-state index in [2.05, 4.69) is 10.6 Å². The first-order valence-electron chi connectivity index (χ1n) is 10.7. The lowest BCUT2D eigenvalue weighted by molar-refractivity contribution is -0.118. The molecule has 1 aliphatic heterocycles. The van der Waals surface area contributed by atoms with Gasteiger partial charge in [0, 0.05) is 47.4 Å². The number of hydrogen-bond donors (Lipinski definition) is 2. The first-order chi connectivity index (χ1) is 15.9. The van der Waals surface area contributed by atoms with Crippen LogP contribution in [0.5, 0.6) is 0 Å². The Morgan fingerprint density at radius 2 is 1.67 bits per heavy atom. The number of benzene rings is 2. The summed E-state index contributed by atoms with van der Waals surface area (Å²) < 4.78 is 6.97. The standard InChI is InChI=1S/C25H24ClN3O4/c26-19-6-8-20(9-7-19)27-22(30)17-25(12-15-33-16-13-25)28-24(32)18-4-10-21(11-5-18)29-14-2-1-3-23(29)31/h1-11,14H,12-13,15-17H2,(H,27,30)(H,28,32). The molecule has 170 valence electrons. The number of nitrogens with one attached hydrogen (secondary N) is 2. The van der Waals surface area contributed by atoms with Gasteiger partial charge in [-0.15, -0.1) is 0 Å². The third kappa shape index (κ3) is 5.69. The molecule has 0 saturated carbocycles. The average molecular weight is 466 g/mol. The number of pyridine rings is 1. The number of aromatic nitrogens is 1. The lowest BCUT2D eigenvalue weighted by Gasteiger charge is -2.37. The summed E-state index contributed by atoms with van der Waals surface area (Å²) in [6.07, 6.45) is 2.87. The van der Waals surface area contributed by atoms with Gasteiger partial charge in [0.25, 0.3) is 11.5 Å². The van der Waals surface area contributed by atoms with Crippen LogP contribution >= 0.6 is 11.6 Å². The zero-order chi connectivity index (χ0) is 23.3. The van der Waals surface area contributed by atoms with Crippen molar-refractivity contribution in [3.8, 4) is 5.69 Å². The Morgan fingerprint density at radius 3 is 2.33 bits per heavy atom. The molecule has 2 N–H and O–H groups in total. The summed E-state index contributed by atoms with van der Waals surface area (Å²) in [5.41, 5.74) is 0.903. The number of carbonyl (C=O) groups excluding carboxylic acids is 2. The van der Waals surface area contributed by atoms with Crippen LogP contribution in [0.1, 0.15) is 29.6 Å². The molecule has 1 fully saturated rings. The van der Waals surface area contributed by atoms with Crippen LogP contribution in [0.3, 0.4) is 0 Å². The Morgan fingerprint density at radius 1 is 0.970 bits per heavy atom. The normalized spacial score (nSPS) is 14.9. The number of rotatable bonds is 6. The summed E-state index contributed by atoms with van der Waals surface area (Å²) in [4.78, 5) is 37.8. The van der Waals surface area contributed by atoms with Crippen LogP contribution in [-0.2, 0) is 9.53 Å². The van der Waals surface area contributed by atoms with Crippen molar-refractivity contribution in [2.24, 2.45) is 0 Å². The molecular weight excluding hydrogens is 442 g/mol. The Hall–Kier alpha value is -3.42. The maximum Gasteiger partial charge on any atom is 0.255 e. The van der Waals surface area contributed by atoms with Crippen molar-refractivity contribution in [2.45, 2.75) is 24.8 Å². The average Bonchev–Trinajstić information content (AvgIpc) is 2.81. The highest BCUT2D eigenvalue weighted by atomic mass is 35.5. The van der Waals surface area contributed by atoms with Crippen molar-refractivity contribution in [1.29, 1.82) is 0 Å². The third-order valence-corrected chi connectivity index (χ3v) is 5.94. The highest BCUT2D eigenvalue weighted by Crippen LogP contribution is 2.26. The van der Waals surface area contributed by atoms with Crippen LogP contribution in [-0.4, -0.2) is 35.1 Å². The van der Waals surface area contributed by atoms with Crippen molar-refractivity contribution in [2.75, 3.05) is 18.5 Å². The van der Waals surface area contributed by atoms with E-state index in [1.54, 1.807) is 66.9 Å². The van der Waals surface area contributed by atoms with Gasteiger partial charge >= 0.3 is 0 Å². The van der Waals surface area contributed by atoms with Crippen LogP contribution in [0, 0.1) is 0 Å². The van der Waals surface area contributed by atoms with Gasteiger partial charge in [-0.3, -0.25) is 19.0 Å². The summed E-state index contributed by atoms with van der Waals surface area (Å²) >= 11 is 5.90. The molecule has 2 amide bonds. The van der Waals surface area contributed by atoms with Gasteiger partial charge in [0.1, 0.15) is 0 Å². The van der Waals surface area contributed by atoms with E-state index in [0.29, 0.717) is 48.0 Å². The van der Waals surface area contributed by atoms with Crippen LogP contribution in [0.25, 0.3) is 5.69 Å². The van der Waals surface area contributed by atoms with Crippen molar-refractivity contribution >= 4 is 29.1 Å². The molecule has 0 unspecified atom stereocenters. The Balaban J connectivity index is 1.47. The van der Waals surface area contributed by atoms with Crippen LogP contribution in [0.2, 0.25) is 5.02 Å². The highest BCUT2D eigenvalue weighted by Gasteiger charge is 2.36. The molecule has 0 atom stereocenters. The van der Waals surface area contributed by atoms with Gasteiger partial charge in [-0.05, 0) is 67.4 Å². The summed E-state index contributed by atoms with van der Waals surface area (Å²) in [6.45, 7) is 0.925. The number of ether oxygens (including phenoxy) is 1. The van der Waals surface area contributed by atoms with Crippen molar-refractivity contribution in [3.05, 3.63) is 93.9 Å². The number of anilines is 1. The first kappa shape index (κ1) is 22.8. The van der Waals surface area contributed by atoms with Crippen LogP contribution < -0.4 is 16.2 Å². The number of hydrogen-bond acceptors (Lipinski definition) is 4. The van der Waals surface area contributed by atoms with Gasteiger partial charge in [-0.25, -0.2) is 0 Å². The molecular formula is C25H24ClN3O4. The summed E-state index contributed by atoms with van der Waals surface area (Å²) in [6, 6.07) is 18.6. The fourth-order valence-corrected chi connectivity index (χ4v) is 4.01. The van der Waals surface area contributed by atoms with Gasteiger partial charge in [0.05, 0.1) is 12.0 Å². The Labute approximate surface area is 196 Å². The summed E-state index contributed by atoms with van der Waals surface area (Å²) in [5.74, 6) is -0.471. The predicted molar refractivity (Wildman–Crippen MR) is 127 cm³/mol. The van der Waals surface area contributed by atoms with Gasteiger partial charge in [-0.2, -0.15) is 0 Å². The fourth-order valence-electron chi connectivity index (χ4n) is 3.88. The quantitative estimate of drug-likeness (QED) is 0.579. The monoisotopic (exact) mass is 465 g/mol. The molecule has 0 radical (unpaired) electrons. The third-order valence-electron chi connectivity index (χ3n) is 5.69. The molecule has 0 bridgehead atoms. The van der Waals surface area contributed by atoms with E-state index >= 15 is 0 Å². The van der Waals surface area contributed by atoms with E-state index in [1.807, 2.05) is 0 Å². The van der Waals surface area contributed by atoms with Crippen molar-refractivity contribution in [3.63, 3.8) is 0 Å². The van der Waals surface area contributed by atoms with E-state index < -0.39 is 5.54 Å². The minimum Gasteiger partial charge on any atom is -0.381 e. The zero-order valence-corrected chi connectivity index (χ0v) is 18.7. The Bertz CT molecular complexity index is 1180. The van der Waals surface area contributed by atoms with Crippen LogP contribution in [0.4, 0.5) is 5.69 Å². The van der Waals surface area contributed by atoms with E-state index in [0.717, 1.165) is 0 Å². The Kier molecular flexibility index (Phi) is 6.91. The van der Waals surface area contributed by atoms with E-state index in [9.17, 15) is 14.4 Å². The van der Waals surface area contributed by atoms with Gasteiger partial charge in [0.15, 0.2) is 0 Å². The summed E-state index contributed by atoms with van der Waals surface area (Å²) in [5, 5.41) is 6.53. The zero-order valence-electron chi connectivity index (χ0n) is 17.9. The van der Waals surface area contributed by atoms with E-state index in [4.69, 9.17) is 16.3 Å². The molecule has 1 aromatic heterocycles. The molecule has 0 aliphatic carbocycles. The number of halogens is 1. The van der Waals surface area contributed by atoms with Crippen molar-refractivity contribution in [1.82, 2.24) is 9.88 Å². The van der Waals surface area contributed by atoms with E-state index in [1.165, 1.54) is 10.6 Å². The molecule has 1 aliphatic rings. The lowest BCUT2D eigenvalue weighted by Crippen LogP contribution is -2.53. The molecule has 8 heteroatoms. The molecule has 2 heterocycles. The second kappa shape index (κ2) is 10.0. The summed E-state index contributed by atoms with van der Waals surface area (Å²) in [7, 11) is 0. The fraction of sp³-hybridized carbons (Fsp3) is 0.240. The maximum absolute atomic E-state index is 13.0. The number of carbonyl (C=O) groups is 2. The van der Waals surface area contributed by atoms with Crippen molar-refractivity contribution < 1.29 is 14.3 Å².